The van der Waals surface area contributed by atoms with Crippen molar-refractivity contribution in [2.24, 2.45) is 5.92 Å². The third-order valence-electron chi connectivity index (χ3n) is 4.55. The van der Waals surface area contributed by atoms with Crippen molar-refractivity contribution in [1.29, 1.82) is 0 Å². The Balaban J connectivity index is 1.89. The van der Waals surface area contributed by atoms with Crippen LogP contribution in [0.3, 0.4) is 0 Å². The molecule has 1 aliphatic heterocycles. The minimum atomic E-state index is 0.685. The van der Waals surface area contributed by atoms with Gasteiger partial charge in [-0.05, 0) is 50.2 Å². The van der Waals surface area contributed by atoms with Gasteiger partial charge in [0.15, 0.2) is 5.82 Å². The zero-order chi connectivity index (χ0) is 12.5. The van der Waals surface area contributed by atoms with Crippen molar-refractivity contribution in [3.05, 3.63) is 17.8 Å². The maximum Gasteiger partial charge on any atom is 0.152 e. The molecule has 2 heterocycles. The topological polar surface area (TPSA) is 42.2 Å². The first-order valence-corrected chi connectivity index (χ1v) is 7.24. The molecule has 2 N–H and O–H groups in total. The summed E-state index contributed by atoms with van der Waals surface area (Å²) in [6.45, 7) is 3.17. The van der Waals surface area contributed by atoms with Crippen molar-refractivity contribution in [1.82, 2.24) is 4.98 Å². The molecule has 18 heavy (non-hydrogen) atoms. The molecule has 1 saturated heterocycles. The van der Waals surface area contributed by atoms with E-state index in [-0.39, 0.29) is 0 Å². The predicted molar refractivity (Wildman–Crippen MR) is 75.7 cm³/mol. The van der Waals surface area contributed by atoms with Crippen LogP contribution in [-0.4, -0.2) is 17.6 Å². The quantitative estimate of drug-likeness (QED) is 0.826. The first-order valence-electron chi connectivity index (χ1n) is 7.24. The number of hydrogen-bond acceptors (Lipinski definition) is 3. The van der Waals surface area contributed by atoms with Crippen molar-refractivity contribution in [2.75, 3.05) is 17.2 Å². The van der Waals surface area contributed by atoms with E-state index in [2.05, 4.69) is 16.0 Å². The first-order chi connectivity index (χ1) is 8.75. The lowest BCUT2D eigenvalue weighted by molar-refractivity contribution is 0.243. The lowest BCUT2D eigenvalue weighted by Crippen LogP contribution is -2.47. The molecule has 0 amide bonds. The summed E-state index contributed by atoms with van der Waals surface area (Å²) in [7, 11) is 0. The molecule has 1 aromatic heterocycles. The summed E-state index contributed by atoms with van der Waals surface area (Å²) in [6.07, 6.45) is 10.1. The molecule has 3 rings (SSSR count). The molecule has 0 radical (unpaired) electrons. The van der Waals surface area contributed by atoms with E-state index in [1.807, 2.05) is 13.1 Å². The molecule has 3 heteroatoms. The molecule has 2 atom stereocenters. The van der Waals surface area contributed by atoms with Crippen LogP contribution in [0, 0.1) is 12.8 Å². The Kier molecular flexibility index (Phi) is 3.14. The van der Waals surface area contributed by atoms with Crippen LogP contribution in [0.4, 0.5) is 11.5 Å². The van der Waals surface area contributed by atoms with Gasteiger partial charge in [0.05, 0.1) is 5.69 Å². The smallest absolute Gasteiger partial charge is 0.152 e. The summed E-state index contributed by atoms with van der Waals surface area (Å²) in [4.78, 5) is 7.08. The average molecular weight is 245 g/mol. The lowest BCUT2D eigenvalue weighted by Gasteiger charge is -2.45. The van der Waals surface area contributed by atoms with E-state index >= 15 is 0 Å². The van der Waals surface area contributed by atoms with Crippen LogP contribution in [0.5, 0.6) is 0 Å². The second-order valence-corrected chi connectivity index (χ2v) is 5.87. The van der Waals surface area contributed by atoms with E-state index in [4.69, 9.17) is 5.73 Å². The van der Waals surface area contributed by atoms with Crippen molar-refractivity contribution in [3.63, 3.8) is 0 Å². The number of rotatable bonds is 1. The Morgan fingerprint density at radius 3 is 2.83 bits per heavy atom. The molecule has 3 nitrogen and oxygen atoms in total. The number of pyridine rings is 1. The fraction of sp³-hybridized carbons (Fsp3) is 0.667. The number of aryl methyl sites for hydroxylation is 1. The summed E-state index contributed by atoms with van der Waals surface area (Å²) in [5.74, 6) is 1.90. The standard InChI is InChI=1S/C15H23N3/c1-11-9-13(16)15(17-10-11)18-8-4-6-12-5-2-3-7-14(12)18/h9-10,12,14H,2-8,16H2,1H3. The summed E-state index contributed by atoms with van der Waals surface area (Å²) < 4.78 is 0. The van der Waals surface area contributed by atoms with Crippen LogP contribution < -0.4 is 10.6 Å². The molecular weight excluding hydrogens is 222 g/mol. The Morgan fingerprint density at radius 1 is 1.22 bits per heavy atom. The van der Waals surface area contributed by atoms with Gasteiger partial charge in [0.25, 0.3) is 0 Å². The van der Waals surface area contributed by atoms with E-state index in [1.165, 1.54) is 38.5 Å². The summed E-state index contributed by atoms with van der Waals surface area (Å²) in [5, 5.41) is 0. The number of nitrogens with two attached hydrogens (primary N) is 1. The van der Waals surface area contributed by atoms with E-state index in [0.29, 0.717) is 6.04 Å². The van der Waals surface area contributed by atoms with Crippen LogP contribution >= 0.6 is 0 Å². The van der Waals surface area contributed by atoms with Crippen LogP contribution in [0.25, 0.3) is 0 Å². The van der Waals surface area contributed by atoms with Gasteiger partial charge in [-0.25, -0.2) is 4.98 Å². The van der Waals surface area contributed by atoms with Crippen molar-refractivity contribution in [2.45, 2.75) is 51.5 Å². The molecule has 0 spiro atoms. The molecule has 0 aromatic carbocycles. The Morgan fingerprint density at radius 2 is 2.00 bits per heavy atom. The van der Waals surface area contributed by atoms with Gasteiger partial charge in [0.1, 0.15) is 0 Å². The highest BCUT2D eigenvalue weighted by atomic mass is 15.2. The highest BCUT2D eigenvalue weighted by Crippen LogP contribution is 2.38. The fourth-order valence-electron chi connectivity index (χ4n) is 3.71. The van der Waals surface area contributed by atoms with Crippen molar-refractivity contribution in [3.8, 4) is 0 Å². The van der Waals surface area contributed by atoms with Crippen molar-refractivity contribution >= 4 is 11.5 Å². The van der Waals surface area contributed by atoms with Crippen LogP contribution in [-0.2, 0) is 0 Å². The number of nitrogen functional groups attached to an aromatic ring is 1. The lowest BCUT2D eigenvalue weighted by atomic mass is 9.78. The molecule has 0 bridgehead atoms. The maximum absolute atomic E-state index is 6.17. The van der Waals surface area contributed by atoms with Gasteiger partial charge in [-0.1, -0.05) is 12.8 Å². The number of fused-ring (bicyclic) bond motifs is 1. The van der Waals surface area contributed by atoms with Crippen LogP contribution in [0.15, 0.2) is 12.3 Å². The number of anilines is 2. The summed E-state index contributed by atoms with van der Waals surface area (Å²) in [5.41, 5.74) is 8.16. The van der Waals surface area contributed by atoms with Gasteiger partial charge in [0.2, 0.25) is 0 Å². The zero-order valence-corrected chi connectivity index (χ0v) is 11.2. The predicted octanol–water partition coefficient (Wildman–Crippen LogP) is 3.13. The maximum atomic E-state index is 6.17. The zero-order valence-electron chi connectivity index (χ0n) is 11.2. The molecular formula is C15H23N3. The average Bonchev–Trinajstić information content (AvgIpc) is 2.38. The Labute approximate surface area is 109 Å². The van der Waals surface area contributed by atoms with E-state index in [9.17, 15) is 0 Å². The van der Waals surface area contributed by atoms with Gasteiger partial charge in [0, 0.05) is 18.8 Å². The van der Waals surface area contributed by atoms with Crippen molar-refractivity contribution < 1.29 is 0 Å². The Hall–Kier alpha value is -1.25. The fourth-order valence-corrected chi connectivity index (χ4v) is 3.71. The highest BCUT2D eigenvalue weighted by molar-refractivity contribution is 5.64. The third kappa shape index (κ3) is 2.06. The molecule has 1 saturated carbocycles. The second-order valence-electron chi connectivity index (χ2n) is 5.87. The van der Waals surface area contributed by atoms with E-state index in [0.717, 1.165) is 29.5 Å². The Bertz CT molecular complexity index is 428. The number of nitrogens with zero attached hydrogens (tertiary/aromatic N) is 2. The van der Waals surface area contributed by atoms with Gasteiger partial charge in [-0.15, -0.1) is 0 Å². The monoisotopic (exact) mass is 245 g/mol. The SMILES string of the molecule is Cc1cnc(N2CCCC3CCCCC32)c(N)c1. The molecule has 1 aliphatic carbocycles. The van der Waals surface area contributed by atoms with Crippen LogP contribution in [0.2, 0.25) is 0 Å². The van der Waals surface area contributed by atoms with Gasteiger partial charge in [-0.3, -0.25) is 0 Å². The molecule has 2 fully saturated rings. The van der Waals surface area contributed by atoms with Gasteiger partial charge >= 0.3 is 0 Å². The first kappa shape index (κ1) is 11.8. The molecule has 98 valence electrons. The van der Waals surface area contributed by atoms with Crippen LogP contribution in [0.1, 0.15) is 44.1 Å². The summed E-state index contributed by atoms with van der Waals surface area (Å²) in [6, 6.07) is 2.74. The second kappa shape index (κ2) is 4.79. The molecule has 2 aliphatic rings. The summed E-state index contributed by atoms with van der Waals surface area (Å²) >= 11 is 0. The molecule has 2 unspecified atom stereocenters. The minimum absolute atomic E-state index is 0.685. The highest BCUT2D eigenvalue weighted by Gasteiger charge is 2.34. The molecule has 1 aromatic rings. The van der Waals surface area contributed by atoms with E-state index in [1.54, 1.807) is 0 Å². The number of aromatic nitrogens is 1. The van der Waals surface area contributed by atoms with Gasteiger partial charge < -0.3 is 10.6 Å². The normalized spacial score (nSPS) is 27.9. The number of piperidine rings is 1. The number of hydrogen-bond donors (Lipinski definition) is 1. The third-order valence-corrected chi connectivity index (χ3v) is 4.55. The minimum Gasteiger partial charge on any atom is -0.396 e. The largest absolute Gasteiger partial charge is 0.396 e. The van der Waals surface area contributed by atoms with Gasteiger partial charge in [-0.2, -0.15) is 0 Å². The van der Waals surface area contributed by atoms with E-state index < -0.39 is 0 Å².